The molecule has 1 saturated heterocycles. The zero-order valence-electron chi connectivity index (χ0n) is 24.7. The number of pyridine rings is 2. The molecule has 10 nitrogen and oxygen atoms in total. The minimum atomic E-state index is -0.0694. The molecule has 5 aromatic rings. The van der Waals surface area contributed by atoms with Crippen LogP contribution in [0.15, 0.2) is 53.5 Å². The van der Waals surface area contributed by atoms with E-state index in [1.54, 1.807) is 31.0 Å². The molecule has 2 bridgehead atoms. The minimum absolute atomic E-state index is 0.00891. The summed E-state index contributed by atoms with van der Waals surface area (Å²) >= 11 is 0. The van der Waals surface area contributed by atoms with E-state index >= 15 is 0 Å². The fourth-order valence-corrected chi connectivity index (χ4v) is 7.19. The third-order valence-electron chi connectivity index (χ3n) is 9.83. The molecule has 2 N–H and O–H groups in total. The number of fused-ring (bicyclic) bond motifs is 4. The number of nitrogens with zero attached hydrogens (tertiary/aromatic N) is 6. The number of carbonyl (C=O) groups excluding carboxylic acids is 1. The number of piperidine rings is 1. The van der Waals surface area contributed by atoms with Crippen LogP contribution in [0.3, 0.4) is 0 Å². The summed E-state index contributed by atoms with van der Waals surface area (Å²) in [7, 11) is 5.37. The quantitative estimate of drug-likeness (QED) is 0.327. The number of likely N-dealkylation sites (tertiary alicyclic amines) is 1. The van der Waals surface area contributed by atoms with Gasteiger partial charge >= 0.3 is 0 Å². The normalized spacial score (nSPS) is 21.4. The second kappa shape index (κ2) is 9.54. The molecule has 1 aromatic carbocycles. The van der Waals surface area contributed by atoms with Gasteiger partial charge in [-0.05, 0) is 73.9 Å². The van der Waals surface area contributed by atoms with Gasteiger partial charge in [0.1, 0.15) is 16.9 Å². The summed E-state index contributed by atoms with van der Waals surface area (Å²) < 4.78 is 11.7. The lowest BCUT2D eigenvalue weighted by atomic mass is 10.1. The maximum absolute atomic E-state index is 13.7. The Morgan fingerprint density at radius 3 is 2.58 bits per heavy atom. The Hall–Kier alpha value is -4.44. The van der Waals surface area contributed by atoms with E-state index in [0.717, 1.165) is 58.7 Å². The molecule has 3 atom stereocenters. The van der Waals surface area contributed by atoms with Crippen LogP contribution in [0, 0.1) is 11.8 Å². The van der Waals surface area contributed by atoms with Crippen molar-refractivity contribution < 1.29 is 9.53 Å². The van der Waals surface area contributed by atoms with Crippen LogP contribution in [-0.2, 0) is 20.6 Å². The lowest BCUT2D eigenvalue weighted by Crippen LogP contribution is -2.41. The average molecular weight is 578 g/mol. The molecule has 3 aliphatic rings. The maximum Gasteiger partial charge on any atom is 0.254 e. The van der Waals surface area contributed by atoms with Gasteiger partial charge in [-0.25, -0.2) is 9.97 Å². The smallest absolute Gasteiger partial charge is 0.254 e. The van der Waals surface area contributed by atoms with Crippen molar-refractivity contribution >= 4 is 28.0 Å². The molecule has 2 unspecified atom stereocenters. The molecule has 4 aromatic heterocycles. The topological polar surface area (TPSA) is 113 Å². The number of methoxy groups -OCH3 is 1. The Bertz CT molecular complexity index is 2000. The van der Waals surface area contributed by atoms with Gasteiger partial charge in [0.25, 0.3) is 11.5 Å². The van der Waals surface area contributed by atoms with E-state index in [4.69, 9.17) is 20.4 Å². The average Bonchev–Trinajstić information content (AvgIpc) is 3.42. The number of hydrogen-bond acceptors (Lipinski definition) is 6. The first kappa shape index (κ1) is 26.2. The maximum atomic E-state index is 13.7. The second-order valence-corrected chi connectivity index (χ2v) is 12.5. The van der Waals surface area contributed by atoms with Crippen LogP contribution < -0.4 is 16.0 Å². The number of imidazole rings is 1. The summed E-state index contributed by atoms with van der Waals surface area (Å²) in [5, 5.41) is 1.01. The summed E-state index contributed by atoms with van der Waals surface area (Å²) in [5.41, 5.74) is 11.9. The van der Waals surface area contributed by atoms with E-state index in [9.17, 15) is 9.59 Å². The molecule has 43 heavy (non-hydrogen) atoms. The Morgan fingerprint density at radius 1 is 1.05 bits per heavy atom. The predicted molar refractivity (Wildman–Crippen MR) is 165 cm³/mol. The zero-order chi connectivity index (χ0) is 29.6. The number of ether oxygens (including phenoxy) is 1. The molecule has 0 radical (unpaired) electrons. The summed E-state index contributed by atoms with van der Waals surface area (Å²) in [4.78, 5) is 38.1. The minimum Gasteiger partial charge on any atom is -0.494 e. The van der Waals surface area contributed by atoms with E-state index in [1.807, 2.05) is 36.2 Å². The van der Waals surface area contributed by atoms with Crippen molar-refractivity contribution in [3.8, 4) is 28.5 Å². The first-order valence-corrected chi connectivity index (χ1v) is 15.1. The van der Waals surface area contributed by atoms with E-state index < -0.39 is 0 Å². The number of rotatable bonds is 6. The molecule has 2 saturated carbocycles. The molecule has 5 heterocycles. The van der Waals surface area contributed by atoms with Gasteiger partial charge in [-0.2, -0.15) is 0 Å². The molecule has 220 valence electrons. The number of benzene rings is 1. The Kier molecular flexibility index (Phi) is 5.81. The van der Waals surface area contributed by atoms with Gasteiger partial charge in [-0.3, -0.25) is 9.59 Å². The molecular formula is C33H35N7O3. The van der Waals surface area contributed by atoms with Crippen LogP contribution in [0.5, 0.6) is 5.75 Å². The van der Waals surface area contributed by atoms with Crippen LogP contribution in [0.2, 0.25) is 0 Å². The van der Waals surface area contributed by atoms with Crippen molar-refractivity contribution in [3.05, 3.63) is 64.6 Å². The van der Waals surface area contributed by atoms with Gasteiger partial charge in [0.15, 0.2) is 5.82 Å². The van der Waals surface area contributed by atoms with Gasteiger partial charge in [0.05, 0.1) is 24.0 Å². The van der Waals surface area contributed by atoms with Gasteiger partial charge < -0.3 is 29.1 Å². The summed E-state index contributed by atoms with van der Waals surface area (Å²) in [6.45, 7) is 1.56. The van der Waals surface area contributed by atoms with Crippen LogP contribution in [0.1, 0.15) is 36.0 Å². The van der Waals surface area contributed by atoms with E-state index in [1.165, 1.54) is 12.8 Å². The molecule has 3 fully saturated rings. The van der Waals surface area contributed by atoms with Gasteiger partial charge in [0.2, 0.25) is 0 Å². The van der Waals surface area contributed by atoms with Gasteiger partial charge in [-0.15, -0.1) is 0 Å². The highest BCUT2D eigenvalue weighted by Gasteiger charge is 2.47. The van der Waals surface area contributed by atoms with Crippen LogP contribution >= 0.6 is 0 Å². The molecule has 1 aliphatic heterocycles. The number of aromatic nitrogens is 5. The van der Waals surface area contributed by atoms with Crippen molar-refractivity contribution in [1.29, 1.82) is 0 Å². The van der Waals surface area contributed by atoms with Gasteiger partial charge in [-0.1, -0.05) is 0 Å². The SMILES string of the molecule is COc1cc(C(=O)N2CC3CCC2[C@@H]3N)cc2nc(-c3cc4ccc(-c5ccn(C)c(=O)c5)nc4n3CC3CC3)n(C)c12. The molecular weight excluding hydrogens is 542 g/mol. The second-order valence-electron chi connectivity index (χ2n) is 12.5. The van der Waals surface area contributed by atoms with E-state index in [2.05, 4.69) is 21.3 Å². The largest absolute Gasteiger partial charge is 0.494 e. The highest BCUT2D eigenvalue weighted by molar-refractivity contribution is 6.00. The molecule has 0 spiro atoms. The molecule has 1 amide bonds. The first-order valence-electron chi connectivity index (χ1n) is 15.1. The Balaban J connectivity index is 1.24. The number of carbonyl (C=O) groups is 1. The Morgan fingerprint density at radius 2 is 1.88 bits per heavy atom. The summed E-state index contributed by atoms with van der Waals surface area (Å²) in [6, 6.07) is 13.6. The summed E-state index contributed by atoms with van der Waals surface area (Å²) in [6.07, 6.45) is 6.21. The standard InChI is InChI=1S/C33H35N7O3/c1-37-11-10-19(15-28(37)41)23-8-6-20-13-26(39(31(20)35-23)16-18-4-5-18)32-36-24-12-22(14-27(43-3)30(24)38(32)2)33(42)40-17-21-7-9-25(40)29(21)34/h6,8,10-15,18,21,25,29H,4-5,7,9,16-17,34H2,1-3H3/t21?,25?,29-/m1/s1. The highest BCUT2D eigenvalue weighted by Crippen LogP contribution is 2.40. The van der Waals surface area contributed by atoms with E-state index in [0.29, 0.717) is 35.2 Å². The lowest BCUT2D eigenvalue weighted by Gasteiger charge is -2.27. The van der Waals surface area contributed by atoms with Crippen LogP contribution in [0.4, 0.5) is 0 Å². The van der Waals surface area contributed by atoms with Crippen molar-refractivity contribution in [2.24, 2.45) is 31.7 Å². The van der Waals surface area contributed by atoms with Crippen molar-refractivity contribution in [3.63, 3.8) is 0 Å². The van der Waals surface area contributed by atoms with Crippen molar-refractivity contribution in [2.75, 3.05) is 13.7 Å². The van der Waals surface area contributed by atoms with Gasteiger partial charge in [0, 0.05) is 68.0 Å². The zero-order valence-corrected chi connectivity index (χ0v) is 24.7. The highest BCUT2D eigenvalue weighted by atomic mass is 16.5. The third-order valence-corrected chi connectivity index (χ3v) is 9.83. The molecule has 2 aliphatic carbocycles. The van der Waals surface area contributed by atoms with Crippen LogP contribution in [0.25, 0.3) is 44.8 Å². The third kappa shape index (κ3) is 4.11. The number of hydrogen-bond donors (Lipinski definition) is 1. The number of aryl methyl sites for hydroxylation is 2. The lowest BCUT2D eigenvalue weighted by molar-refractivity contribution is 0.0700. The Labute approximate surface area is 248 Å². The molecule has 10 heteroatoms. The summed E-state index contributed by atoms with van der Waals surface area (Å²) in [5.74, 6) is 2.38. The van der Waals surface area contributed by atoms with Crippen molar-refractivity contribution in [2.45, 2.75) is 44.3 Å². The van der Waals surface area contributed by atoms with E-state index in [-0.39, 0.29) is 23.6 Å². The molecule has 8 rings (SSSR count). The first-order chi connectivity index (χ1) is 20.8. The monoisotopic (exact) mass is 577 g/mol. The number of nitrogens with two attached hydrogens (primary N) is 1. The fourth-order valence-electron chi connectivity index (χ4n) is 7.19. The predicted octanol–water partition coefficient (Wildman–Crippen LogP) is 3.94. The fraction of sp³-hybridized carbons (Fsp3) is 0.394. The van der Waals surface area contributed by atoms with Crippen molar-refractivity contribution in [1.82, 2.24) is 28.6 Å². The van der Waals surface area contributed by atoms with Crippen LogP contribution in [-0.4, -0.2) is 60.2 Å². The number of amides is 1.